The Bertz CT molecular complexity index is 1140. The summed E-state index contributed by atoms with van der Waals surface area (Å²) >= 11 is 0. The van der Waals surface area contributed by atoms with E-state index in [9.17, 15) is 19.1 Å². The minimum atomic E-state index is -0.995. The minimum absolute atomic E-state index is 0.0958. The maximum Gasteiger partial charge on any atom is 0.295 e. The van der Waals surface area contributed by atoms with E-state index in [1.54, 1.807) is 55.1 Å². The first kappa shape index (κ1) is 20.5. The summed E-state index contributed by atoms with van der Waals surface area (Å²) in [5.41, 5.74) is 1.48. The average molecular weight is 419 g/mol. The second-order valence-electron chi connectivity index (χ2n) is 7.53. The zero-order valence-corrected chi connectivity index (χ0v) is 17.0. The number of aromatic nitrogens is 2. The van der Waals surface area contributed by atoms with Gasteiger partial charge in [-0.1, -0.05) is 48.0 Å². The van der Waals surface area contributed by atoms with Crippen LogP contribution in [0.2, 0.25) is 0 Å². The van der Waals surface area contributed by atoms with Gasteiger partial charge >= 0.3 is 0 Å². The minimum Gasteiger partial charge on any atom is -0.507 e. The third-order valence-electron chi connectivity index (χ3n) is 5.44. The van der Waals surface area contributed by atoms with Crippen LogP contribution in [0.15, 0.2) is 72.8 Å². The highest BCUT2D eigenvalue weighted by molar-refractivity contribution is 6.46. The van der Waals surface area contributed by atoms with Crippen LogP contribution in [0.25, 0.3) is 5.76 Å². The Morgan fingerprint density at radius 2 is 1.84 bits per heavy atom. The number of rotatable bonds is 6. The van der Waals surface area contributed by atoms with Crippen LogP contribution in [0, 0.1) is 12.7 Å². The number of Topliss-reactive ketones (excluding diaryl/α,β-unsaturated/α-hetero) is 1. The number of nitrogens with zero attached hydrogens (tertiary/aromatic N) is 3. The molecule has 1 aromatic heterocycles. The lowest BCUT2D eigenvalue weighted by molar-refractivity contribution is -0.140. The molecule has 1 amide bonds. The molecule has 2 heterocycles. The Balaban J connectivity index is 1.75. The number of carbonyl (C=O) groups is 2. The van der Waals surface area contributed by atoms with E-state index in [1.807, 2.05) is 11.5 Å². The highest BCUT2D eigenvalue weighted by Gasteiger charge is 2.46. The molecular formula is C24H22FN3O3. The van der Waals surface area contributed by atoms with Crippen molar-refractivity contribution < 1.29 is 19.1 Å². The smallest absolute Gasteiger partial charge is 0.295 e. The zero-order chi connectivity index (χ0) is 22.0. The maximum absolute atomic E-state index is 14.7. The number of aliphatic hydroxyl groups excluding tert-OH is 1. The van der Waals surface area contributed by atoms with Crippen molar-refractivity contribution in [3.8, 4) is 0 Å². The highest BCUT2D eigenvalue weighted by Crippen LogP contribution is 2.40. The lowest BCUT2D eigenvalue weighted by Gasteiger charge is -2.25. The van der Waals surface area contributed by atoms with Crippen LogP contribution in [0.1, 0.15) is 29.2 Å². The number of aryl methyl sites for hydroxylation is 2. The topological polar surface area (TPSA) is 75.4 Å². The van der Waals surface area contributed by atoms with Gasteiger partial charge in [-0.25, -0.2) is 9.37 Å². The van der Waals surface area contributed by atoms with E-state index in [4.69, 9.17) is 0 Å². The molecule has 0 aliphatic carbocycles. The molecule has 0 bridgehead atoms. The molecule has 1 fully saturated rings. The number of halogens is 1. The van der Waals surface area contributed by atoms with E-state index < -0.39 is 23.5 Å². The molecule has 3 aromatic rings. The van der Waals surface area contributed by atoms with E-state index in [0.29, 0.717) is 18.5 Å². The molecular weight excluding hydrogens is 397 g/mol. The van der Waals surface area contributed by atoms with Gasteiger partial charge in [0.05, 0.1) is 17.9 Å². The van der Waals surface area contributed by atoms with Crippen molar-refractivity contribution in [2.45, 2.75) is 25.9 Å². The molecule has 2 aromatic carbocycles. The molecule has 0 radical (unpaired) electrons. The Labute approximate surface area is 179 Å². The van der Waals surface area contributed by atoms with Crippen molar-refractivity contribution in [3.05, 3.63) is 95.3 Å². The summed E-state index contributed by atoms with van der Waals surface area (Å²) in [5.74, 6) is -2.39. The van der Waals surface area contributed by atoms with Crippen LogP contribution >= 0.6 is 0 Å². The number of aliphatic hydroxyl groups is 1. The Kier molecular flexibility index (Phi) is 5.66. The average Bonchev–Trinajstić information content (AvgIpc) is 3.36. The van der Waals surface area contributed by atoms with Gasteiger partial charge in [0, 0.05) is 36.6 Å². The van der Waals surface area contributed by atoms with Gasteiger partial charge in [-0.3, -0.25) is 9.59 Å². The van der Waals surface area contributed by atoms with Gasteiger partial charge in [0.1, 0.15) is 11.6 Å². The largest absolute Gasteiger partial charge is 0.507 e. The SMILES string of the molecule is Cc1ccc(/C(O)=C2\C(=O)C(=O)N(CCCn3ccnc3)C2c2ccccc2F)cc1. The Morgan fingerprint density at radius 3 is 2.52 bits per heavy atom. The second kappa shape index (κ2) is 8.55. The van der Waals surface area contributed by atoms with Crippen LogP contribution in [0.4, 0.5) is 4.39 Å². The number of ketones is 1. The van der Waals surface area contributed by atoms with E-state index in [1.165, 1.54) is 17.0 Å². The summed E-state index contributed by atoms with van der Waals surface area (Å²) in [7, 11) is 0. The number of imidazole rings is 1. The summed E-state index contributed by atoms with van der Waals surface area (Å²) in [6.07, 6.45) is 5.67. The lowest BCUT2D eigenvalue weighted by Crippen LogP contribution is -2.31. The molecule has 1 aliphatic rings. The summed E-state index contributed by atoms with van der Waals surface area (Å²) in [6, 6.07) is 12.0. The number of amides is 1. The van der Waals surface area contributed by atoms with Crippen molar-refractivity contribution in [1.82, 2.24) is 14.5 Å². The molecule has 6 nitrogen and oxygen atoms in total. The number of benzene rings is 2. The molecule has 1 N–H and O–H groups in total. The number of hydrogen-bond donors (Lipinski definition) is 1. The second-order valence-corrected chi connectivity index (χ2v) is 7.53. The molecule has 0 spiro atoms. The highest BCUT2D eigenvalue weighted by atomic mass is 19.1. The van der Waals surface area contributed by atoms with Crippen molar-refractivity contribution in [2.75, 3.05) is 6.54 Å². The van der Waals surface area contributed by atoms with Crippen LogP contribution in [0.5, 0.6) is 0 Å². The van der Waals surface area contributed by atoms with Crippen molar-refractivity contribution in [2.24, 2.45) is 0 Å². The molecule has 1 saturated heterocycles. The molecule has 1 aliphatic heterocycles. The molecule has 31 heavy (non-hydrogen) atoms. The molecule has 158 valence electrons. The number of hydrogen-bond acceptors (Lipinski definition) is 4. The quantitative estimate of drug-likeness (QED) is 0.374. The van der Waals surface area contributed by atoms with E-state index in [2.05, 4.69) is 4.98 Å². The fraction of sp³-hybridized carbons (Fsp3) is 0.208. The number of likely N-dealkylation sites (tertiary alicyclic amines) is 1. The predicted octanol–water partition coefficient (Wildman–Crippen LogP) is 3.84. The van der Waals surface area contributed by atoms with Crippen molar-refractivity contribution in [1.29, 1.82) is 0 Å². The summed E-state index contributed by atoms with van der Waals surface area (Å²) in [4.78, 5) is 31.2. The first-order valence-corrected chi connectivity index (χ1v) is 10.0. The zero-order valence-electron chi connectivity index (χ0n) is 17.0. The van der Waals surface area contributed by atoms with Gasteiger partial charge in [-0.2, -0.15) is 0 Å². The van der Waals surface area contributed by atoms with Crippen LogP contribution < -0.4 is 0 Å². The maximum atomic E-state index is 14.7. The van der Waals surface area contributed by atoms with Gasteiger partial charge in [0.2, 0.25) is 0 Å². The fourth-order valence-electron chi connectivity index (χ4n) is 3.84. The monoisotopic (exact) mass is 419 g/mol. The summed E-state index contributed by atoms with van der Waals surface area (Å²) < 4.78 is 16.6. The Morgan fingerprint density at radius 1 is 1.10 bits per heavy atom. The third-order valence-corrected chi connectivity index (χ3v) is 5.44. The van der Waals surface area contributed by atoms with Gasteiger partial charge < -0.3 is 14.6 Å². The van der Waals surface area contributed by atoms with E-state index in [0.717, 1.165) is 5.56 Å². The molecule has 1 atom stereocenters. The summed E-state index contributed by atoms with van der Waals surface area (Å²) in [6.45, 7) is 2.72. The van der Waals surface area contributed by atoms with Crippen molar-refractivity contribution >= 4 is 17.4 Å². The summed E-state index contributed by atoms with van der Waals surface area (Å²) in [5, 5.41) is 11.0. The van der Waals surface area contributed by atoms with Gasteiger partial charge in [-0.05, 0) is 19.4 Å². The molecule has 0 saturated carbocycles. The van der Waals surface area contributed by atoms with Crippen molar-refractivity contribution in [3.63, 3.8) is 0 Å². The Hall–Kier alpha value is -3.74. The molecule has 7 heteroatoms. The van der Waals surface area contributed by atoms with E-state index in [-0.39, 0.29) is 23.4 Å². The number of carbonyl (C=O) groups excluding carboxylic acids is 2. The van der Waals surface area contributed by atoms with Gasteiger partial charge in [0.15, 0.2) is 0 Å². The van der Waals surface area contributed by atoms with Gasteiger partial charge in [-0.15, -0.1) is 0 Å². The fourth-order valence-corrected chi connectivity index (χ4v) is 3.84. The normalized spacial score (nSPS) is 18.0. The van der Waals surface area contributed by atoms with E-state index >= 15 is 0 Å². The van der Waals surface area contributed by atoms with Crippen LogP contribution in [-0.4, -0.2) is 37.8 Å². The molecule has 1 unspecified atom stereocenters. The predicted molar refractivity (Wildman–Crippen MR) is 113 cm³/mol. The molecule has 4 rings (SSSR count). The first-order chi connectivity index (χ1) is 15.0. The van der Waals surface area contributed by atoms with Crippen LogP contribution in [-0.2, 0) is 16.1 Å². The van der Waals surface area contributed by atoms with Crippen LogP contribution in [0.3, 0.4) is 0 Å². The lowest BCUT2D eigenvalue weighted by atomic mass is 9.94. The standard InChI is InChI=1S/C24H22FN3O3/c1-16-7-9-17(10-8-16)22(29)20-21(18-5-2-3-6-19(18)25)28(24(31)23(20)30)13-4-12-27-14-11-26-15-27/h2-3,5-11,14-15,21,29H,4,12-13H2,1H3/b22-20+. The van der Waals surface area contributed by atoms with Gasteiger partial charge in [0.25, 0.3) is 11.7 Å². The third kappa shape index (κ3) is 3.99. The first-order valence-electron chi connectivity index (χ1n) is 10.0.